The number of aromatic nitrogens is 2. The molecule has 0 atom stereocenters. The van der Waals surface area contributed by atoms with Crippen LogP contribution in [0.1, 0.15) is 31.2 Å². The predicted octanol–water partition coefficient (Wildman–Crippen LogP) is 3.82. The third kappa shape index (κ3) is 5.89. The molecule has 0 bridgehead atoms. The van der Waals surface area contributed by atoms with Gasteiger partial charge in [-0.05, 0) is 48.9 Å². The number of rotatable bonds is 10. The van der Waals surface area contributed by atoms with Crippen LogP contribution < -0.4 is 15.4 Å². The Balaban J connectivity index is 1.49. The zero-order chi connectivity index (χ0) is 20.5. The molecule has 0 aliphatic carbocycles. The van der Waals surface area contributed by atoms with Crippen molar-refractivity contribution in [1.29, 1.82) is 0 Å². The van der Waals surface area contributed by atoms with Crippen LogP contribution in [0.15, 0.2) is 53.1 Å². The van der Waals surface area contributed by atoms with E-state index in [9.17, 15) is 4.79 Å². The fourth-order valence-electron chi connectivity index (χ4n) is 2.88. The molecule has 7 heteroatoms. The molecular formula is C22H26N4O3. The molecule has 152 valence electrons. The lowest BCUT2D eigenvalue weighted by molar-refractivity contribution is -0.116. The minimum atomic E-state index is -0.0242. The van der Waals surface area contributed by atoms with Gasteiger partial charge in [0.2, 0.25) is 17.6 Å². The van der Waals surface area contributed by atoms with E-state index in [1.807, 2.05) is 48.5 Å². The van der Waals surface area contributed by atoms with Crippen molar-refractivity contribution in [2.24, 2.45) is 0 Å². The van der Waals surface area contributed by atoms with Crippen LogP contribution in [0.3, 0.4) is 0 Å². The first-order chi connectivity index (χ1) is 14.2. The average molecular weight is 394 g/mol. The van der Waals surface area contributed by atoms with E-state index in [1.165, 1.54) is 0 Å². The van der Waals surface area contributed by atoms with E-state index in [0.717, 1.165) is 35.7 Å². The first kappa shape index (κ1) is 20.5. The highest BCUT2D eigenvalue weighted by Crippen LogP contribution is 2.20. The maximum absolute atomic E-state index is 12.3. The number of carbonyl (C=O) groups is 1. The fraction of sp³-hybridized carbons (Fsp3) is 0.318. The number of carbonyl (C=O) groups excluding carboxylic acids is 1. The molecule has 0 unspecified atom stereocenters. The molecule has 29 heavy (non-hydrogen) atoms. The third-order valence-corrected chi connectivity index (χ3v) is 4.47. The van der Waals surface area contributed by atoms with Crippen LogP contribution in [0.4, 0.5) is 5.69 Å². The maximum atomic E-state index is 12.3. The zero-order valence-corrected chi connectivity index (χ0v) is 16.8. The number of nitrogens with one attached hydrogen (secondary N) is 2. The highest BCUT2D eigenvalue weighted by Gasteiger charge is 2.11. The molecule has 0 aliphatic rings. The van der Waals surface area contributed by atoms with E-state index in [-0.39, 0.29) is 5.91 Å². The Labute approximate surface area is 170 Å². The van der Waals surface area contributed by atoms with Crippen LogP contribution >= 0.6 is 0 Å². The summed E-state index contributed by atoms with van der Waals surface area (Å²) in [7, 11) is 1.62. The van der Waals surface area contributed by atoms with Crippen molar-refractivity contribution in [3.05, 3.63) is 60.0 Å². The number of methoxy groups -OCH3 is 1. The molecule has 0 radical (unpaired) electrons. The number of amides is 1. The van der Waals surface area contributed by atoms with Gasteiger partial charge in [0.25, 0.3) is 0 Å². The van der Waals surface area contributed by atoms with Gasteiger partial charge in [0.05, 0.1) is 7.11 Å². The van der Waals surface area contributed by atoms with Gasteiger partial charge in [-0.3, -0.25) is 4.79 Å². The molecule has 1 amide bonds. The number of anilines is 1. The number of ether oxygens (including phenoxy) is 1. The second kappa shape index (κ2) is 10.4. The smallest absolute Gasteiger partial charge is 0.226 e. The number of benzene rings is 2. The van der Waals surface area contributed by atoms with Gasteiger partial charge in [0, 0.05) is 30.6 Å². The normalized spacial score (nSPS) is 10.7. The topological polar surface area (TPSA) is 89.3 Å². The molecule has 2 N–H and O–H groups in total. The Kier molecular flexibility index (Phi) is 7.35. The summed E-state index contributed by atoms with van der Waals surface area (Å²) in [5.41, 5.74) is 2.78. The second-order valence-electron chi connectivity index (χ2n) is 6.58. The van der Waals surface area contributed by atoms with Crippen molar-refractivity contribution >= 4 is 11.6 Å². The Morgan fingerprint density at radius 1 is 1.14 bits per heavy atom. The van der Waals surface area contributed by atoms with Crippen LogP contribution in [0.25, 0.3) is 11.4 Å². The summed E-state index contributed by atoms with van der Waals surface area (Å²) in [6, 6.07) is 15.3. The standard InChI is InChI=1S/C22H26N4O3/c1-3-23-15-17-7-4-5-8-19(17)24-20(27)9-6-10-21-25-22(26-29-21)16-11-13-18(28-2)14-12-16/h4-5,7-8,11-14,23H,3,6,9-10,15H2,1-2H3,(H,24,27). The van der Waals surface area contributed by atoms with Crippen LogP contribution in [-0.4, -0.2) is 29.7 Å². The van der Waals surface area contributed by atoms with E-state index >= 15 is 0 Å². The van der Waals surface area contributed by atoms with Crippen molar-refractivity contribution in [3.63, 3.8) is 0 Å². The molecule has 0 aliphatic heterocycles. The van der Waals surface area contributed by atoms with E-state index in [1.54, 1.807) is 7.11 Å². The number of para-hydroxylation sites is 1. The van der Waals surface area contributed by atoms with Crippen LogP contribution in [0.5, 0.6) is 5.75 Å². The highest BCUT2D eigenvalue weighted by atomic mass is 16.5. The third-order valence-electron chi connectivity index (χ3n) is 4.47. The monoisotopic (exact) mass is 394 g/mol. The largest absolute Gasteiger partial charge is 0.497 e. The summed E-state index contributed by atoms with van der Waals surface area (Å²) in [6.45, 7) is 3.66. The van der Waals surface area contributed by atoms with E-state index < -0.39 is 0 Å². The van der Waals surface area contributed by atoms with E-state index in [0.29, 0.717) is 31.0 Å². The predicted molar refractivity (Wildman–Crippen MR) is 112 cm³/mol. The van der Waals surface area contributed by atoms with Gasteiger partial charge in [-0.2, -0.15) is 4.98 Å². The van der Waals surface area contributed by atoms with Gasteiger partial charge < -0.3 is 19.9 Å². The summed E-state index contributed by atoms with van der Waals surface area (Å²) >= 11 is 0. The quantitative estimate of drug-likeness (QED) is 0.543. The van der Waals surface area contributed by atoms with Gasteiger partial charge >= 0.3 is 0 Å². The Hall–Kier alpha value is -3.19. The van der Waals surface area contributed by atoms with Crippen molar-refractivity contribution in [1.82, 2.24) is 15.5 Å². The second-order valence-corrected chi connectivity index (χ2v) is 6.58. The molecule has 7 nitrogen and oxygen atoms in total. The number of hydrogen-bond donors (Lipinski definition) is 2. The van der Waals surface area contributed by atoms with Gasteiger partial charge in [0.15, 0.2) is 0 Å². The van der Waals surface area contributed by atoms with E-state index in [4.69, 9.17) is 9.26 Å². The van der Waals surface area contributed by atoms with Crippen molar-refractivity contribution in [2.75, 3.05) is 19.0 Å². The van der Waals surface area contributed by atoms with Crippen LogP contribution in [-0.2, 0) is 17.8 Å². The average Bonchev–Trinajstić information content (AvgIpc) is 3.22. The summed E-state index contributed by atoms with van der Waals surface area (Å²) in [6.07, 6.45) is 1.57. The molecule has 1 aromatic heterocycles. The minimum absolute atomic E-state index is 0.0242. The lowest BCUT2D eigenvalue weighted by Gasteiger charge is -2.11. The molecular weight excluding hydrogens is 368 g/mol. The zero-order valence-electron chi connectivity index (χ0n) is 16.8. The molecule has 3 aromatic rings. The summed E-state index contributed by atoms with van der Waals surface area (Å²) < 4.78 is 10.5. The Morgan fingerprint density at radius 3 is 2.69 bits per heavy atom. The number of hydrogen-bond acceptors (Lipinski definition) is 6. The van der Waals surface area contributed by atoms with Gasteiger partial charge in [-0.1, -0.05) is 30.3 Å². The lowest BCUT2D eigenvalue weighted by atomic mass is 10.1. The number of aryl methyl sites for hydroxylation is 1. The summed E-state index contributed by atoms with van der Waals surface area (Å²) in [4.78, 5) is 16.7. The van der Waals surface area contributed by atoms with Crippen molar-refractivity contribution < 1.29 is 14.1 Å². The molecule has 3 rings (SSSR count). The maximum Gasteiger partial charge on any atom is 0.226 e. The van der Waals surface area contributed by atoms with Crippen LogP contribution in [0.2, 0.25) is 0 Å². The van der Waals surface area contributed by atoms with Crippen molar-refractivity contribution in [3.8, 4) is 17.1 Å². The van der Waals surface area contributed by atoms with Crippen LogP contribution in [0, 0.1) is 0 Å². The molecule has 0 fully saturated rings. The van der Waals surface area contributed by atoms with Gasteiger partial charge in [-0.15, -0.1) is 0 Å². The molecule has 1 heterocycles. The number of nitrogens with zero attached hydrogens (tertiary/aromatic N) is 2. The minimum Gasteiger partial charge on any atom is -0.497 e. The molecule has 2 aromatic carbocycles. The Bertz CT molecular complexity index is 922. The van der Waals surface area contributed by atoms with Gasteiger partial charge in [-0.25, -0.2) is 0 Å². The first-order valence-electron chi connectivity index (χ1n) is 9.75. The SMILES string of the molecule is CCNCc1ccccc1NC(=O)CCCc1nc(-c2ccc(OC)cc2)no1. The Morgan fingerprint density at radius 2 is 1.93 bits per heavy atom. The van der Waals surface area contributed by atoms with Crippen molar-refractivity contribution in [2.45, 2.75) is 32.7 Å². The lowest BCUT2D eigenvalue weighted by Crippen LogP contribution is -2.17. The van der Waals surface area contributed by atoms with Gasteiger partial charge in [0.1, 0.15) is 5.75 Å². The molecule has 0 saturated heterocycles. The first-order valence-corrected chi connectivity index (χ1v) is 9.75. The fourth-order valence-corrected chi connectivity index (χ4v) is 2.88. The molecule has 0 saturated carbocycles. The molecule has 0 spiro atoms. The summed E-state index contributed by atoms with van der Waals surface area (Å²) in [5, 5.41) is 10.3. The van der Waals surface area contributed by atoms with E-state index in [2.05, 4.69) is 27.7 Å². The summed E-state index contributed by atoms with van der Waals surface area (Å²) in [5.74, 6) is 1.81. The highest BCUT2D eigenvalue weighted by molar-refractivity contribution is 5.91.